The second-order valence-corrected chi connectivity index (χ2v) is 7.89. The Hall–Kier alpha value is -2.88. The number of likely N-dealkylation sites (tertiary alicyclic amines) is 1. The van der Waals surface area contributed by atoms with Crippen LogP contribution >= 0.6 is 0 Å². The van der Waals surface area contributed by atoms with Crippen molar-refractivity contribution < 1.29 is 9.53 Å². The maximum absolute atomic E-state index is 12.0. The van der Waals surface area contributed by atoms with Gasteiger partial charge in [-0.3, -0.25) is 9.78 Å². The normalized spacial score (nSPS) is 19.3. The Balaban J connectivity index is 1.47. The lowest BCUT2D eigenvalue weighted by atomic mass is 9.97. The number of rotatable bonds is 4. The van der Waals surface area contributed by atoms with Crippen LogP contribution in [0.1, 0.15) is 38.7 Å². The summed E-state index contributed by atoms with van der Waals surface area (Å²) in [5.74, 6) is 1.12. The highest BCUT2D eigenvalue weighted by Gasteiger charge is 2.28. The summed E-state index contributed by atoms with van der Waals surface area (Å²) < 4.78 is 6.23. The molecule has 0 radical (unpaired) electrons. The highest BCUT2D eigenvalue weighted by molar-refractivity contribution is 5.88. The lowest BCUT2D eigenvalue weighted by molar-refractivity contribution is -0.135. The fourth-order valence-electron chi connectivity index (χ4n) is 4.32. The molecule has 1 fully saturated rings. The van der Waals surface area contributed by atoms with Gasteiger partial charge in [-0.25, -0.2) is 0 Å². The van der Waals surface area contributed by atoms with Gasteiger partial charge in [-0.15, -0.1) is 0 Å². The van der Waals surface area contributed by atoms with Crippen LogP contribution in [0.25, 0.3) is 22.0 Å². The number of benzene rings is 2. The minimum Gasteiger partial charge on any atom is -0.490 e. The average molecular weight is 389 g/mol. The molecule has 4 rings (SSSR count). The lowest BCUT2D eigenvalue weighted by Gasteiger charge is -2.37. The van der Waals surface area contributed by atoms with E-state index in [0.717, 1.165) is 36.0 Å². The molecule has 2 atom stereocenters. The molecule has 4 heteroatoms. The first-order valence-electron chi connectivity index (χ1n) is 10.5. The molecule has 29 heavy (non-hydrogen) atoms. The largest absolute Gasteiger partial charge is 0.490 e. The standard InChI is InChI=1S/C25H28N2O2/c1-4-24(28)27-15-13-22(16-17(27)2)29-21-10-7-19(8-11-21)23-12-9-20-6-5-14-26-25(20)18(23)3/h5-12,14,17,22H,4,13,15-16H2,1-3H3/t17-,22-/m1/s1. The molecule has 0 unspecified atom stereocenters. The van der Waals surface area contributed by atoms with E-state index in [1.165, 1.54) is 16.7 Å². The molecule has 1 aliphatic rings. The van der Waals surface area contributed by atoms with Gasteiger partial charge < -0.3 is 9.64 Å². The first kappa shape index (κ1) is 19.4. The van der Waals surface area contributed by atoms with E-state index in [1.807, 2.05) is 36.2 Å². The monoisotopic (exact) mass is 388 g/mol. The van der Waals surface area contributed by atoms with Crippen molar-refractivity contribution in [1.29, 1.82) is 0 Å². The van der Waals surface area contributed by atoms with Crippen LogP contribution in [-0.4, -0.2) is 34.5 Å². The number of ether oxygens (including phenoxy) is 1. The van der Waals surface area contributed by atoms with Gasteiger partial charge in [-0.2, -0.15) is 0 Å². The maximum Gasteiger partial charge on any atom is 0.222 e. The maximum atomic E-state index is 12.0. The smallest absolute Gasteiger partial charge is 0.222 e. The molecule has 1 amide bonds. The fourth-order valence-corrected chi connectivity index (χ4v) is 4.32. The predicted molar refractivity (Wildman–Crippen MR) is 117 cm³/mol. The third-order valence-corrected chi connectivity index (χ3v) is 5.95. The molecule has 0 aliphatic carbocycles. The first-order valence-corrected chi connectivity index (χ1v) is 10.5. The topological polar surface area (TPSA) is 42.4 Å². The van der Waals surface area contributed by atoms with Crippen molar-refractivity contribution in [2.45, 2.75) is 52.2 Å². The summed E-state index contributed by atoms with van der Waals surface area (Å²) in [6.45, 7) is 6.94. The number of hydrogen-bond donors (Lipinski definition) is 0. The molecule has 3 aromatic rings. The Labute approximate surface area is 172 Å². The van der Waals surface area contributed by atoms with E-state index in [0.29, 0.717) is 6.42 Å². The number of pyridine rings is 1. The molecule has 0 spiro atoms. The molecule has 0 saturated carbocycles. The zero-order valence-corrected chi connectivity index (χ0v) is 17.4. The summed E-state index contributed by atoms with van der Waals surface area (Å²) in [5.41, 5.74) is 4.60. The van der Waals surface area contributed by atoms with Gasteiger partial charge >= 0.3 is 0 Å². The number of amides is 1. The summed E-state index contributed by atoms with van der Waals surface area (Å²) in [5, 5.41) is 1.16. The van der Waals surface area contributed by atoms with Crippen LogP contribution in [0.5, 0.6) is 5.75 Å². The number of piperidine rings is 1. The predicted octanol–water partition coefficient (Wildman–Crippen LogP) is 5.38. The Morgan fingerprint density at radius 1 is 1.17 bits per heavy atom. The Morgan fingerprint density at radius 3 is 2.69 bits per heavy atom. The average Bonchev–Trinajstić information content (AvgIpc) is 2.74. The molecule has 1 aliphatic heterocycles. The molecule has 2 aromatic carbocycles. The zero-order valence-electron chi connectivity index (χ0n) is 17.4. The molecule has 0 bridgehead atoms. The summed E-state index contributed by atoms with van der Waals surface area (Å²) in [6, 6.07) is 16.9. The summed E-state index contributed by atoms with van der Waals surface area (Å²) in [7, 11) is 0. The van der Waals surface area contributed by atoms with Crippen molar-refractivity contribution in [2.24, 2.45) is 0 Å². The summed E-state index contributed by atoms with van der Waals surface area (Å²) >= 11 is 0. The van der Waals surface area contributed by atoms with Gasteiger partial charge in [0.15, 0.2) is 0 Å². The second-order valence-electron chi connectivity index (χ2n) is 7.89. The SMILES string of the molecule is CCC(=O)N1CC[C@@H](Oc2ccc(-c3ccc4cccnc4c3C)cc2)C[C@H]1C. The van der Waals surface area contributed by atoms with Crippen LogP contribution in [0, 0.1) is 6.92 Å². The molecule has 0 N–H and O–H groups in total. The van der Waals surface area contributed by atoms with E-state index in [2.05, 4.69) is 49.2 Å². The highest BCUT2D eigenvalue weighted by atomic mass is 16.5. The molecular weight excluding hydrogens is 360 g/mol. The Bertz CT molecular complexity index is 1010. The van der Waals surface area contributed by atoms with Gasteiger partial charge in [-0.05, 0) is 48.7 Å². The van der Waals surface area contributed by atoms with Crippen molar-refractivity contribution in [3.8, 4) is 16.9 Å². The second kappa shape index (κ2) is 8.24. The quantitative estimate of drug-likeness (QED) is 0.603. The number of aromatic nitrogens is 1. The van der Waals surface area contributed by atoms with E-state index in [9.17, 15) is 4.79 Å². The van der Waals surface area contributed by atoms with Crippen LogP contribution in [-0.2, 0) is 4.79 Å². The van der Waals surface area contributed by atoms with Crippen molar-refractivity contribution in [2.75, 3.05) is 6.54 Å². The van der Waals surface area contributed by atoms with Crippen LogP contribution < -0.4 is 4.74 Å². The van der Waals surface area contributed by atoms with Crippen molar-refractivity contribution in [1.82, 2.24) is 9.88 Å². The minimum absolute atomic E-state index is 0.156. The van der Waals surface area contributed by atoms with Crippen LogP contribution in [0.3, 0.4) is 0 Å². The number of fused-ring (bicyclic) bond motifs is 1. The molecule has 1 saturated heterocycles. The third kappa shape index (κ3) is 3.98. The van der Waals surface area contributed by atoms with Gasteiger partial charge in [0.2, 0.25) is 5.91 Å². The van der Waals surface area contributed by atoms with E-state index in [4.69, 9.17) is 4.74 Å². The van der Waals surface area contributed by atoms with Crippen LogP contribution in [0.15, 0.2) is 54.7 Å². The lowest BCUT2D eigenvalue weighted by Crippen LogP contribution is -2.47. The van der Waals surface area contributed by atoms with E-state index < -0.39 is 0 Å². The molecule has 1 aromatic heterocycles. The van der Waals surface area contributed by atoms with Gasteiger partial charge in [0.25, 0.3) is 0 Å². The van der Waals surface area contributed by atoms with E-state index in [-0.39, 0.29) is 18.1 Å². The molecule has 2 heterocycles. The molecular formula is C25H28N2O2. The number of carbonyl (C=O) groups excluding carboxylic acids is 1. The van der Waals surface area contributed by atoms with Gasteiger partial charge in [0.1, 0.15) is 11.9 Å². The zero-order chi connectivity index (χ0) is 20.4. The van der Waals surface area contributed by atoms with Gasteiger partial charge in [0, 0.05) is 43.4 Å². The Morgan fingerprint density at radius 2 is 1.97 bits per heavy atom. The Kier molecular flexibility index (Phi) is 5.52. The highest BCUT2D eigenvalue weighted by Crippen LogP contribution is 2.30. The van der Waals surface area contributed by atoms with Crippen molar-refractivity contribution in [3.05, 3.63) is 60.3 Å². The summed E-state index contributed by atoms with van der Waals surface area (Å²) in [6.07, 6.45) is 4.33. The summed E-state index contributed by atoms with van der Waals surface area (Å²) in [4.78, 5) is 18.5. The third-order valence-electron chi connectivity index (χ3n) is 5.95. The van der Waals surface area contributed by atoms with E-state index >= 15 is 0 Å². The number of carbonyl (C=O) groups is 1. The van der Waals surface area contributed by atoms with Crippen molar-refractivity contribution in [3.63, 3.8) is 0 Å². The molecule has 4 nitrogen and oxygen atoms in total. The molecule has 150 valence electrons. The number of hydrogen-bond acceptors (Lipinski definition) is 3. The minimum atomic E-state index is 0.156. The van der Waals surface area contributed by atoms with Crippen molar-refractivity contribution >= 4 is 16.8 Å². The van der Waals surface area contributed by atoms with Gasteiger partial charge in [0.05, 0.1) is 5.52 Å². The van der Waals surface area contributed by atoms with Crippen LogP contribution in [0.2, 0.25) is 0 Å². The number of aryl methyl sites for hydroxylation is 1. The first-order chi connectivity index (χ1) is 14.1. The van der Waals surface area contributed by atoms with Gasteiger partial charge in [-0.1, -0.05) is 37.3 Å². The van der Waals surface area contributed by atoms with Crippen LogP contribution in [0.4, 0.5) is 0 Å². The number of nitrogens with zero attached hydrogens (tertiary/aromatic N) is 2. The fraction of sp³-hybridized carbons (Fsp3) is 0.360. The van der Waals surface area contributed by atoms with E-state index in [1.54, 1.807) is 0 Å².